The maximum Gasteiger partial charge on any atom is 0.162 e. The third-order valence-electron chi connectivity index (χ3n) is 8.11. The van der Waals surface area contributed by atoms with Crippen molar-refractivity contribution in [2.45, 2.75) is 78.4 Å². The molecule has 202 valence electrons. The van der Waals surface area contributed by atoms with Gasteiger partial charge >= 0.3 is 0 Å². The molecule has 1 fully saturated rings. The van der Waals surface area contributed by atoms with E-state index in [1.165, 1.54) is 67.4 Å². The average molecular weight is 511 g/mol. The highest BCUT2D eigenvalue weighted by Crippen LogP contribution is 2.24. The van der Waals surface area contributed by atoms with Gasteiger partial charge in [0.1, 0.15) is 0 Å². The van der Waals surface area contributed by atoms with Crippen LogP contribution in [0.3, 0.4) is 0 Å². The summed E-state index contributed by atoms with van der Waals surface area (Å²) in [7, 11) is 0. The molecule has 0 aromatic heterocycles. The molecule has 3 aromatic carbocycles. The first-order valence-electron chi connectivity index (χ1n) is 14.8. The highest BCUT2D eigenvalue weighted by Gasteiger charge is 2.19. The number of nitrogens with zero attached hydrogens (tertiary/aromatic N) is 2. The summed E-state index contributed by atoms with van der Waals surface area (Å²) in [5.41, 5.74) is 6.27. The zero-order valence-corrected chi connectivity index (χ0v) is 23.6. The number of Topliss-reactive ketones (excluding diaryl/α,β-unsaturated/α-hetero) is 1. The lowest BCUT2D eigenvalue weighted by Gasteiger charge is -2.32. The Labute approximate surface area is 230 Å². The molecule has 3 nitrogen and oxygen atoms in total. The zero-order chi connectivity index (χ0) is 26.6. The first-order chi connectivity index (χ1) is 18.6. The van der Waals surface area contributed by atoms with Gasteiger partial charge in [-0.25, -0.2) is 0 Å². The maximum atomic E-state index is 13.1. The standard InChI is InChI=1S/C35H46N2O/c1-3-4-22-37(28-34-17-9-8-12-29(34)2)27-32-16-10-18-33(25-32)35(38)19-11-15-30-20-23-36(24-21-30)26-31-13-6-5-7-14-31/h5-10,12-14,16-18,25,30H,3-4,11,15,19-24,26-28H2,1-2H3. The molecule has 1 aliphatic rings. The van der Waals surface area contributed by atoms with Crippen LogP contribution >= 0.6 is 0 Å². The number of aryl methyl sites for hydroxylation is 1. The SMILES string of the molecule is CCCCN(Cc1cccc(C(=O)CCCC2CCN(Cc3ccccc3)CC2)c1)Cc1ccccc1C. The van der Waals surface area contributed by atoms with Crippen molar-refractivity contribution in [3.8, 4) is 0 Å². The van der Waals surface area contributed by atoms with E-state index >= 15 is 0 Å². The molecule has 4 rings (SSSR count). The van der Waals surface area contributed by atoms with E-state index in [0.717, 1.165) is 44.1 Å². The van der Waals surface area contributed by atoms with Gasteiger partial charge in [0, 0.05) is 31.6 Å². The van der Waals surface area contributed by atoms with E-state index in [9.17, 15) is 4.79 Å². The minimum atomic E-state index is 0.298. The van der Waals surface area contributed by atoms with Crippen LogP contribution in [-0.2, 0) is 19.6 Å². The molecule has 3 aromatic rings. The lowest BCUT2D eigenvalue weighted by atomic mass is 9.90. The first kappa shape index (κ1) is 28.3. The molecule has 0 saturated carbocycles. The van der Waals surface area contributed by atoms with Gasteiger partial charge < -0.3 is 0 Å². The summed E-state index contributed by atoms with van der Waals surface area (Å²) in [5.74, 6) is 1.06. The maximum absolute atomic E-state index is 13.1. The van der Waals surface area contributed by atoms with Crippen molar-refractivity contribution < 1.29 is 4.79 Å². The molecule has 0 N–H and O–H groups in total. The third-order valence-corrected chi connectivity index (χ3v) is 8.11. The van der Waals surface area contributed by atoms with Crippen LogP contribution in [0.1, 0.15) is 84.5 Å². The fourth-order valence-corrected chi connectivity index (χ4v) is 5.70. The smallest absolute Gasteiger partial charge is 0.162 e. The number of piperidine rings is 1. The lowest BCUT2D eigenvalue weighted by molar-refractivity contribution is 0.0973. The van der Waals surface area contributed by atoms with E-state index < -0.39 is 0 Å². The summed E-state index contributed by atoms with van der Waals surface area (Å²) in [6, 6.07) is 27.8. The second kappa shape index (κ2) is 15.0. The van der Waals surface area contributed by atoms with Crippen molar-refractivity contribution in [1.82, 2.24) is 9.80 Å². The molecular formula is C35H46N2O. The molecule has 0 amide bonds. The van der Waals surface area contributed by atoms with Crippen LogP contribution < -0.4 is 0 Å². The van der Waals surface area contributed by atoms with Crippen LogP contribution in [-0.4, -0.2) is 35.2 Å². The summed E-state index contributed by atoms with van der Waals surface area (Å²) in [6.45, 7) is 10.8. The Balaban J connectivity index is 1.23. The monoisotopic (exact) mass is 510 g/mol. The van der Waals surface area contributed by atoms with E-state index in [4.69, 9.17) is 0 Å². The van der Waals surface area contributed by atoms with Gasteiger partial charge in [-0.2, -0.15) is 0 Å². The Morgan fingerprint density at radius 2 is 1.61 bits per heavy atom. The third kappa shape index (κ3) is 8.92. The molecule has 1 heterocycles. The topological polar surface area (TPSA) is 23.6 Å². The second-order valence-corrected chi connectivity index (χ2v) is 11.2. The van der Waals surface area contributed by atoms with Gasteiger partial charge in [-0.15, -0.1) is 0 Å². The van der Waals surface area contributed by atoms with Crippen LogP contribution in [0.25, 0.3) is 0 Å². The summed E-state index contributed by atoms with van der Waals surface area (Å²) in [6.07, 6.45) is 7.73. The molecule has 3 heteroatoms. The van der Waals surface area contributed by atoms with Crippen LogP contribution in [0.5, 0.6) is 0 Å². The minimum Gasteiger partial charge on any atom is -0.299 e. The Bertz CT molecular complexity index is 1120. The Morgan fingerprint density at radius 1 is 0.868 bits per heavy atom. The molecule has 0 spiro atoms. The molecule has 0 atom stereocenters. The van der Waals surface area contributed by atoms with Crippen LogP contribution in [0.2, 0.25) is 0 Å². The number of carbonyl (C=O) groups is 1. The van der Waals surface area contributed by atoms with Gasteiger partial charge in [0.25, 0.3) is 0 Å². The predicted octanol–water partition coefficient (Wildman–Crippen LogP) is 8.06. The number of ketones is 1. The second-order valence-electron chi connectivity index (χ2n) is 11.2. The van der Waals surface area contributed by atoms with Crippen molar-refractivity contribution in [3.63, 3.8) is 0 Å². The summed E-state index contributed by atoms with van der Waals surface area (Å²) >= 11 is 0. The number of hydrogen-bond acceptors (Lipinski definition) is 3. The summed E-state index contributed by atoms with van der Waals surface area (Å²) in [5, 5.41) is 0. The number of unbranched alkanes of at least 4 members (excludes halogenated alkanes) is 1. The number of likely N-dealkylation sites (tertiary alicyclic amines) is 1. The quantitative estimate of drug-likeness (QED) is 0.205. The van der Waals surface area contributed by atoms with Crippen molar-refractivity contribution >= 4 is 5.78 Å². The highest BCUT2D eigenvalue weighted by molar-refractivity contribution is 5.96. The Morgan fingerprint density at radius 3 is 2.37 bits per heavy atom. The number of hydrogen-bond donors (Lipinski definition) is 0. The van der Waals surface area contributed by atoms with Gasteiger partial charge in [0.15, 0.2) is 5.78 Å². The van der Waals surface area contributed by atoms with Gasteiger partial charge in [-0.05, 0) is 92.9 Å². The van der Waals surface area contributed by atoms with Crippen molar-refractivity contribution in [1.29, 1.82) is 0 Å². The highest BCUT2D eigenvalue weighted by atomic mass is 16.1. The predicted molar refractivity (Wildman–Crippen MR) is 159 cm³/mol. The number of benzene rings is 3. The van der Waals surface area contributed by atoms with Gasteiger partial charge in [-0.3, -0.25) is 14.6 Å². The van der Waals surface area contributed by atoms with Crippen molar-refractivity contribution in [2.24, 2.45) is 5.92 Å². The van der Waals surface area contributed by atoms with Crippen molar-refractivity contribution in [3.05, 3.63) is 107 Å². The van der Waals surface area contributed by atoms with E-state index in [2.05, 4.69) is 96.4 Å². The van der Waals surface area contributed by atoms with Gasteiger partial charge in [0.2, 0.25) is 0 Å². The summed E-state index contributed by atoms with van der Waals surface area (Å²) < 4.78 is 0. The molecular weight excluding hydrogens is 464 g/mol. The fraction of sp³-hybridized carbons (Fsp3) is 0.457. The zero-order valence-electron chi connectivity index (χ0n) is 23.6. The van der Waals surface area contributed by atoms with Crippen LogP contribution in [0.4, 0.5) is 0 Å². The van der Waals surface area contributed by atoms with Crippen molar-refractivity contribution in [2.75, 3.05) is 19.6 Å². The molecule has 0 bridgehead atoms. The lowest BCUT2D eigenvalue weighted by Crippen LogP contribution is -2.33. The molecule has 0 radical (unpaired) electrons. The first-order valence-corrected chi connectivity index (χ1v) is 14.8. The van der Waals surface area contributed by atoms with E-state index in [1.54, 1.807) is 0 Å². The Kier molecular flexibility index (Phi) is 11.2. The van der Waals surface area contributed by atoms with Gasteiger partial charge in [-0.1, -0.05) is 86.1 Å². The van der Waals surface area contributed by atoms with Crippen LogP contribution in [0, 0.1) is 12.8 Å². The molecule has 1 aliphatic heterocycles. The van der Waals surface area contributed by atoms with E-state index in [1.807, 2.05) is 6.07 Å². The normalized spacial score (nSPS) is 14.7. The van der Waals surface area contributed by atoms with Crippen LogP contribution in [0.15, 0.2) is 78.9 Å². The number of carbonyl (C=O) groups excluding carboxylic acids is 1. The van der Waals surface area contributed by atoms with Gasteiger partial charge in [0.05, 0.1) is 0 Å². The minimum absolute atomic E-state index is 0.298. The molecule has 38 heavy (non-hydrogen) atoms. The Hall–Kier alpha value is -2.75. The van der Waals surface area contributed by atoms with E-state index in [-0.39, 0.29) is 0 Å². The van der Waals surface area contributed by atoms with E-state index in [0.29, 0.717) is 12.2 Å². The summed E-state index contributed by atoms with van der Waals surface area (Å²) in [4.78, 5) is 18.2. The molecule has 1 saturated heterocycles. The number of rotatable bonds is 14. The average Bonchev–Trinajstić information content (AvgIpc) is 2.94. The largest absolute Gasteiger partial charge is 0.299 e. The molecule has 0 aliphatic carbocycles. The molecule has 0 unspecified atom stereocenters. The fourth-order valence-electron chi connectivity index (χ4n) is 5.70.